The van der Waals surface area contributed by atoms with Crippen LogP contribution in [0, 0.1) is 11.6 Å². The lowest BCUT2D eigenvalue weighted by Gasteiger charge is -2.36. The van der Waals surface area contributed by atoms with Crippen LogP contribution in [0.5, 0.6) is 0 Å². The van der Waals surface area contributed by atoms with E-state index in [1.165, 1.54) is 18.2 Å². The summed E-state index contributed by atoms with van der Waals surface area (Å²) >= 11 is 1.58. The lowest BCUT2D eigenvalue weighted by Crippen LogP contribution is -2.48. The normalized spacial score (nSPS) is 16.1. The van der Waals surface area contributed by atoms with E-state index >= 15 is 0 Å². The first-order valence-corrected chi connectivity index (χ1v) is 10.2. The molecule has 1 heterocycles. The molecule has 144 valence electrons. The highest BCUT2D eigenvalue weighted by atomic mass is 32.2. The molecule has 0 bridgehead atoms. The summed E-state index contributed by atoms with van der Waals surface area (Å²) in [6.45, 7) is 1.52. The molecule has 27 heavy (non-hydrogen) atoms. The Morgan fingerprint density at radius 2 is 1.78 bits per heavy atom. The molecule has 0 radical (unpaired) electrons. The van der Waals surface area contributed by atoms with E-state index in [1.807, 2.05) is 6.07 Å². The summed E-state index contributed by atoms with van der Waals surface area (Å²) < 4.78 is 32.3. The Morgan fingerprint density at radius 3 is 2.48 bits per heavy atom. The van der Waals surface area contributed by atoms with Crippen LogP contribution in [0.2, 0.25) is 0 Å². The van der Waals surface area contributed by atoms with Crippen LogP contribution < -0.4 is 5.32 Å². The van der Waals surface area contributed by atoms with Crippen LogP contribution in [-0.4, -0.2) is 31.4 Å². The van der Waals surface area contributed by atoms with Crippen molar-refractivity contribution >= 4 is 17.7 Å². The Labute approximate surface area is 162 Å². The van der Waals surface area contributed by atoms with Crippen molar-refractivity contribution in [2.75, 3.05) is 25.5 Å². The summed E-state index contributed by atoms with van der Waals surface area (Å²) in [6.07, 6.45) is 1.15. The first-order valence-electron chi connectivity index (χ1n) is 9.05. The largest absolute Gasteiger partial charge is 0.381 e. The molecule has 3 rings (SSSR count). The van der Waals surface area contributed by atoms with Gasteiger partial charge in [-0.1, -0.05) is 30.3 Å². The quantitative estimate of drug-likeness (QED) is 0.724. The fourth-order valence-electron chi connectivity index (χ4n) is 3.34. The molecule has 1 fully saturated rings. The number of hydrogen-bond donors (Lipinski definition) is 1. The predicted octanol–water partition coefficient (Wildman–Crippen LogP) is 4.06. The van der Waals surface area contributed by atoms with Crippen molar-refractivity contribution in [3.8, 4) is 0 Å². The fourth-order valence-corrected chi connectivity index (χ4v) is 4.18. The number of hydrogen-bond acceptors (Lipinski definition) is 3. The van der Waals surface area contributed by atoms with Gasteiger partial charge in [-0.05, 0) is 42.2 Å². The van der Waals surface area contributed by atoms with Gasteiger partial charge >= 0.3 is 0 Å². The number of thioether (sulfide) groups is 1. The summed E-state index contributed by atoms with van der Waals surface area (Å²) in [5, 5.41) is 3.00. The van der Waals surface area contributed by atoms with Crippen LogP contribution in [-0.2, 0) is 20.7 Å². The van der Waals surface area contributed by atoms with Crippen LogP contribution in [0.4, 0.5) is 8.78 Å². The molecule has 0 atom stereocenters. The van der Waals surface area contributed by atoms with E-state index in [4.69, 9.17) is 4.74 Å². The Hall–Kier alpha value is -1.92. The van der Waals surface area contributed by atoms with Gasteiger partial charge in [-0.15, -0.1) is 0 Å². The van der Waals surface area contributed by atoms with Gasteiger partial charge in [-0.3, -0.25) is 4.79 Å². The maximum atomic E-state index is 13.6. The Bertz CT molecular complexity index is 761. The SMILES string of the molecule is O=C(NCCSCc1ccccc1F)C1(c2ccc(F)cc2)CCOCC1. The number of carbonyl (C=O) groups is 1. The number of halogens is 2. The topological polar surface area (TPSA) is 38.3 Å². The van der Waals surface area contributed by atoms with Gasteiger partial charge < -0.3 is 10.1 Å². The second kappa shape index (κ2) is 9.33. The minimum atomic E-state index is -0.678. The summed E-state index contributed by atoms with van der Waals surface area (Å²) in [5.74, 6) is 0.691. The molecule has 0 unspecified atom stereocenters. The number of ether oxygens (including phenoxy) is 1. The highest BCUT2D eigenvalue weighted by Gasteiger charge is 2.41. The van der Waals surface area contributed by atoms with Crippen LogP contribution in [0.3, 0.4) is 0 Å². The van der Waals surface area contributed by atoms with Gasteiger partial charge in [0.15, 0.2) is 0 Å². The van der Waals surface area contributed by atoms with Crippen molar-refractivity contribution in [1.82, 2.24) is 5.32 Å². The molecular formula is C21H23F2NO2S. The van der Waals surface area contributed by atoms with E-state index < -0.39 is 5.41 Å². The molecule has 1 saturated heterocycles. The maximum absolute atomic E-state index is 13.6. The van der Waals surface area contributed by atoms with Crippen molar-refractivity contribution in [1.29, 1.82) is 0 Å². The zero-order chi connectivity index (χ0) is 19.1. The molecule has 0 saturated carbocycles. The van der Waals surface area contributed by atoms with Crippen molar-refractivity contribution in [2.24, 2.45) is 0 Å². The maximum Gasteiger partial charge on any atom is 0.230 e. The molecule has 3 nitrogen and oxygen atoms in total. The van der Waals surface area contributed by atoms with Gasteiger partial charge in [0.1, 0.15) is 11.6 Å². The van der Waals surface area contributed by atoms with Crippen molar-refractivity contribution in [3.63, 3.8) is 0 Å². The molecule has 2 aromatic rings. The third kappa shape index (κ3) is 4.87. The minimum Gasteiger partial charge on any atom is -0.381 e. The van der Waals surface area contributed by atoms with Gasteiger partial charge in [0, 0.05) is 31.3 Å². The average molecular weight is 391 g/mol. The lowest BCUT2D eigenvalue weighted by atomic mass is 9.73. The third-order valence-electron chi connectivity index (χ3n) is 4.93. The molecule has 0 aromatic heterocycles. The Morgan fingerprint density at radius 1 is 1.07 bits per heavy atom. The van der Waals surface area contributed by atoms with Crippen LogP contribution in [0.15, 0.2) is 48.5 Å². The van der Waals surface area contributed by atoms with Gasteiger partial charge in [0.2, 0.25) is 5.91 Å². The van der Waals surface area contributed by atoms with E-state index in [1.54, 1.807) is 36.0 Å². The zero-order valence-electron chi connectivity index (χ0n) is 15.0. The Balaban J connectivity index is 1.55. The smallest absolute Gasteiger partial charge is 0.230 e. The second-order valence-corrected chi connectivity index (χ2v) is 7.71. The number of amides is 1. The van der Waals surface area contributed by atoms with E-state index in [2.05, 4.69) is 5.32 Å². The summed E-state index contributed by atoms with van der Waals surface area (Å²) in [5.41, 5.74) is 0.812. The van der Waals surface area contributed by atoms with Crippen LogP contribution >= 0.6 is 11.8 Å². The second-order valence-electron chi connectivity index (χ2n) is 6.60. The first kappa shape index (κ1) is 19.8. The molecule has 1 aliphatic rings. The monoisotopic (exact) mass is 391 g/mol. The molecule has 1 N–H and O–H groups in total. The highest BCUT2D eigenvalue weighted by Crippen LogP contribution is 2.35. The van der Waals surface area contributed by atoms with Gasteiger partial charge in [0.05, 0.1) is 5.41 Å². The molecule has 0 spiro atoms. The molecule has 6 heteroatoms. The molecular weight excluding hydrogens is 368 g/mol. The van der Waals surface area contributed by atoms with E-state index in [9.17, 15) is 13.6 Å². The van der Waals surface area contributed by atoms with Crippen LogP contribution in [0.1, 0.15) is 24.0 Å². The van der Waals surface area contributed by atoms with Gasteiger partial charge in [0.25, 0.3) is 0 Å². The Kier molecular flexibility index (Phi) is 6.85. The molecule has 0 aliphatic carbocycles. The lowest BCUT2D eigenvalue weighted by molar-refractivity contribution is -0.130. The number of rotatable bonds is 7. The van der Waals surface area contributed by atoms with Gasteiger partial charge in [-0.2, -0.15) is 11.8 Å². The van der Waals surface area contributed by atoms with Gasteiger partial charge in [-0.25, -0.2) is 8.78 Å². The minimum absolute atomic E-state index is 0.0519. The number of benzene rings is 2. The van der Waals surface area contributed by atoms with Crippen molar-refractivity contribution in [3.05, 3.63) is 71.3 Å². The number of nitrogens with one attached hydrogen (secondary N) is 1. The molecule has 1 amide bonds. The van der Waals surface area contributed by atoms with Crippen LogP contribution in [0.25, 0.3) is 0 Å². The molecule has 2 aromatic carbocycles. The predicted molar refractivity (Wildman–Crippen MR) is 104 cm³/mol. The van der Waals surface area contributed by atoms with E-state index in [0.717, 1.165) is 5.56 Å². The third-order valence-corrected chi connectivity index (χ3v) is 5.93. The number of carbonyl (C=O) groups excluding carboxylic acids is 1. The van der Waals surface area contributed by atoms with E-state index in [0.29, 0.717) is 49.7 Å². The fraction of sp³-hybridized carbons (Fsp3) is 0.381. The average Bonchev–Trinajstić information content (AvgIpc) is 2.70. The van der Waals surface area contributed by atoms with Crippen molar-refractivity contribution in [2.45, 2.75) is 24.0 Å². The summed E-state index contributed by atoms with van der Waals surface area (Å²) in [6, 6.07) is 12.9. The highest BCUT2D eigenvalue weighted by molar-refractivity contribution is 7.98. The summed E-state index contributed by atoms with van der Waals surface area (Å²) in [4.78, 5) is 13.0. The van der Waals surface area contributed by atoms with Crippen molar-refractivity contribution < 1.29 is 18.3 Å². The first-order chi connectivity index (χ1) is 13.1. The zero-order valence-corrected chi connectivity index (χ0v) is 15.9. The van der Waals surface area contributed by atoms with E-state index in [-0.39, 0.29) is 17.5 Å². The molecule has 1 aliphatic heterocycles. The standard InChI is InChI=1S/C21H23F2NO2S/c22-18-7-5-17(6-8-18)21(9-12-26-13-10-21)20(25)24-11-14-27-15-16-3-1-2-4-19(16)23/h1-8H,9-15H2,(H,24,25). The summed E-state index contributed by atoms with van der Waals surface area (Å²) in [7, 11) is 0.